The van der Waals surface area contributed by atoms with Crippen LogP contribution in [0.5, 0.6) is 0 Å². The van der Waals surface area contributed by atoms with Crippen molar-refractivity contribution in [1.82, 2.24) is 20.4 Å². The molecule has 4 aliphatic rings. The lowest BCUT2D eigenvalue weighted by molar-refractivity contribution is 0.0154. The molecule has 3 aliphatic heterocycles. The predicted molar refractivity (Wildman–Crippen MR) is 103 cm³/mol. The molecule has 6 heteroatoms. The largest absolute Gasteiger partial charge is 0.357 e. The third-order valence-electron chi connectivity index (χ3n) is 6.08. The molecule has 2 bridgehead atoms. The van der Waals surface area contributed by atoms with Gasteiger partial charge in [-0.1, -0.05) is 18.2 Å². The summed E-state index contributed by atoms with van der Waals surface area (Å²) in [6.45, 7) is 10.4. The molecule has 1 aliphatic carbocycles. The summed E-state index contributed by atoms with van der Waals surface area (Å²) < 4.78 is 14.2. The van der Waals surface area contributed by atoms with Gasteiger partial charge in [0, 0.05) is 57.3 Å². The minimum absolute atomic E-state index is 0.0989. The van der Waals surface area contributed by atoms with E-state index in [2.05, 4.69) is 27.4 Å². The molecule has 1 unspecified atom stereocenters. The Labute approximate surface area is 155 Å². The van der Waals surface area contributed by atoms with Gasteiger partial charge in [-0.2, -0.15) is 0 Å². The van der Waals surface area contributed by atoms with E-state index in [1.807, 2.05) is 12.1 Å². The molecule has 1 aromatic carbocycles. The van der Waals surface area contributed by atoms with Gasteiger partial charge in [0.15, 0.2) is 5.96 Å². The summed E-state index contributed by atoms with van der Waals surface area (Å²) in [5, 5.41) is 6.86. The van der Waals surface area contributed by atoms with Crippen LogP contribution >= 0.6 is 0 Å². The van der Waals surface area contributed by atoms with Gasteiger partial charge >= 0.3 is 0 Å². The van der Waals surface area contributed by atoms with Crippen LogP contribution in [0.1, 0.15) is 25.3 Å². The number of hydrogen-bond donors (Lipinski definition) is 2. The van der Waals surface area contributed by atoms with E-state index in [4.69, 9.17) is 4.99 Å². The van der Waals surface area contributed by atoms with E-state index >= 15 is 0 Å². The Bertz CT molecular complexity index is 649. The standard InChI is InChI=1S/C20H30FN5/c1-2-22-19(23-13-16-14-25-9-11-26(16)12-10-25)24-15-20(7-8-20)17-5-3-4-6-18(17)21/h3-6,16H,2,7-15H2,1H3,(H2,22,23,24). The minimum Gasteiger partial charge on any atom is -0.357 e. The van der Waals surface area contributed by atoms with E-state index in [1.54, 1.807) is 12.1 Å². The van der Waals surface area contributed by atoms with Gasteiger partial charge in [-0.15, -0.1) is 0 Å². The Morgan fingerprint density at radius 1 is 1.19 bits per heavy atom. The van der Waals surface area contributed by atoms with Crippen LogP contribution in [0, 0.1) is 5.82 Å². The molecule has 2 N–H and O–H groups in total. The van der Waals surface area contributed by atoms with Crippen molar-refractivity contribution in [2.45, 2.75) is 31.2 Å². The van der Waals surface area contributed by atoms with E-state index in [0.29, 0.717) is 12.6 Å². The highest BCUT2D eigenvalue weighted by Gasteiger charge is 2.45. The Kier molecular flexibility index (Phi) is 5.14. The second-order valence-electron chi connectivity index (χ2n) is 7.83. The predicted octanol–water partition coefficient (Wildman–Crippen LogP) is 1.41. The van der Waals surface area contributed by atoms with Crippen molar-refractivity contribution in [1.29, 1.82) is 0 Å². The highest BCUT2D eigenvalue weighted by Crippen LogP contribution is 2.49. The minimum atomic E-state index is -0.104. The Morgan fingerprint density at radius 3 is 2.58 bits per heavy atom. The van der Waals surface area contributed by atoms with Crippen molar-refractivity contribution >= 4 is 5.96 Å². The first-order valence-electron chi connectivity index (χ1n) is 9.94. The smallest absolute Gasteiger partial charge is 0.191 e. The van der Waals surface area contributed by atoms with Gasteiger partial charge in [-0.3, -0.25) is 14.8 Å². The van der Waals surface area contributed by atoms with Crippen LogP contribution in [0.25, 0.3) is 0 Å². The van der Waals surface area contributed by atoms with Crippen molar-refractivity contribution in [2.24, 2.45) is 4.99 Å². The summed E-state index contributed by atoms with van der Waals surface area (Å²) >= 11 is 0. The average molecular weight is 359 g/mol. The number of rotatable bonds is 6. The summed E-state index contributed by atoms with van der Waals surface area (Å²) in [5.41, 5.74) is 0.718. The average Bonchev–Trinajstić information content (AvgIpc) is 3.46. The van der Waals surface area contributed by atoms with Crippen LogP contribution < -0.4 is 10.6 Å². The first kappa shape index (κ1) is 17.7. The molecule has 142 valence electrons. The van der Waals surface area contributed by atoms with Gasteiger partial charge in [0.2, 0.25) is 0 Å². The monoisotopic (exact) mass is 359 g/mol. The van der Waals surface area contributed by atoms with Gasteiger partial charge in [0.25, 0.3) is 0 Å². The fraction of sp³-hybridized carbons (Fsp3) is 0.650. The molecular weight excluding hydrogens is 329 g/mol. The first-order chi connectivity index (χ1) is 12.7. The maximum absolute atomic E-state index is 14.2. The van der Waals surface area contributed by atoms with Crippen LogP contribution in [-0.2, 0) is 5.41 Å². The number of halogens is 1. The van der Waals surface area contributed by atoms with Crippen LogP contribution in [0.15, 0.2) is 29.3 Å². The number of fused-ring (bicyclic) bond motifs is 3. The van der Waals surface area contributed by atoms with Crippen molar-refractivity contribution in [3.8, 4) is 0 Å². The second-order valence-corrected chi connectivity index (χ2v) is 7.83. The van der Waals surface area contributed by atoms with Gasteiger partial charge in [0.1, 0.15) is 5.82 Å². The lowest BCUT2D eigenvalue weighted by atomic mass is 9.95. The normalized spacial score (nSPS) is 29.5. The van der Waals surface area contributed by atoms with E-state index in [1.165, 1.54) is 26.2 Å². The lowest BCUT2D eigenvalue weighted by Crippen LogP contribution is -2.63. The SMILES string of the molecule is CCNC(=NCC1(c2ccccc2F)CC1)NCC1CN2CCN1CC2. The third kappa shape index (κ3) is 3.71. The fourth-order valence-electron chi connectivity index (χ4n) is 4.26. The maximum Gasteiger partial charge on any atom is 0.191 e. The van der Waals surface area contributed by atoms with Crippen LogP contribution in [0.2, 0.25) is 0 Å². The summed E-state index contributed by atoms with van der Waals surface area (Å²) in [6, 6.07) is 7.71. The molecule has 0 amide bonds. The van der Waals surface area contributed by atoms with Crippen LogP contribution in [-0.4, -0.2) is 74.2 Å². The molecule has 3 saturated heterocycles. The number of nitrogens with one attached hydrogen (secondary N) is 2. The van der Waals surface area contributed by atoms with Gasteiger partial charge in [-0.25, -0.2) is 4.39 Å². The van der Waals surface area contributed by atoms with E-state index in [0.717, 1.165) is 44.0 Å². The number of hydrogen-bond acceptors (Lipinski definition) is 3. The molecule has 5 rings (SSSR count). The molecule has 0 spiro atoms. The fourth-order valence-corrected chi connectivity index (χ4v) is 4.26. The van der Waals surface area contributed by atoms with E-state index in [9.17, 15) is 4.39 Å². The topological polar surface area (TPSA) is 42.9 Å². The van der Waals surface area contributed by atoms with Gasteiger partial charge < -0.3 is 10.6 Å². The van der Waals surface area contributed by atoms with Crippen LogP contribution in [0.3, 0.4) is 0 Å². The number of nitrogens with zero attached hydrogens (tertiary/aromatic N) is 3. The van der Waals surface area contributed by atoms with Crippen molar-refractivity contribution < 1.29 is 4.39 Å². The molecule has 0 aromatic heterocycles. The quantitative estimate of drug-likeness (QED) is 0.595. The van der Waals surface area contributed by atoms with Gasteiger partial charge in [-0.05, 0) is 31.4 Å². The summed E-state index contributed by atoms with van der Waals surface area (Å²) in [5.74, 6) is 0.756. The highest BCUT2D eigenvalue weighted by atomic mass is 19.1. The number of piperazine rings is 3. The molecular formula is C20H30FN5. The Morgan fingerprint density at radius 2 is 1.96 bits per heavy atom. The zero-order valence-corrected chi connectivity index (χ0v) is 15.7. The second kappa shape index (κ2) is 7.53. The highest BCUT2D eigenvalue weighted by molar-refractivity contribution is 5.79. The number of benzene rings is 1. The Balaban J connectivity index is 1.38. The van der Waals surface area contributed by atoms with E-state index < -0.39 is 0 Å². The molecule has 1 saturated carbocycles. The molecule has 3 heterocycles. The van der Waals surface area contributed by atoms with E-state index in [-0.39, 0.29) is 11.2 Å². The van der Waals surface area contributed by atoms with Crippen molar-refractivity contribution in [3.05, 3.63) is 35.6 Å². The Hall–Kier alpha value is -1.66. The number of guanidine groups is 1. The van der Waals surface area contributed by atoms with Crippen LogP contribution in [0.4, 0.5) is 4.39 Å². The molecule has 26 heavy (non-hydrogen) atoms. The molecule has 1 aromatic rings. The zero-order chi connectivity index (χ0) is 18.0. The zero-order valence-electron chi connectivity index (χ0n) is 15.7. The lowest BCUT2D eigenvalue weighted by Gasteiger charge is -2.47. The first-order valence-corrected chi connectivity index (χ1v) is 9.94. The number of aliphatic imine (C=N–C) groups is 1. The summed E-state index contributed by atoms with van der Waals surface area (Å²) in [4.78, 5) is 9.94. The maximum atomic E-state index is 14.2. The molecule has 4 fully saturated rings. The molecule has 1 atom stereocenters. The van der Waals surface area contributed by atoms with Crippen molar-refractivity contribution in [2.75, 3.05) is 52.4 Å². The summed E-state index contributed by atoms with van der Waals surface area (Å²) in [6.07, 6.45) is 2.03. The van der Waals surface area contributed by atoms with Crippen molar-refractivity contribution in [3.63, 3.8) is 0 Å². The summed E-state index contributed by atoms with van der Waals surface area (Å²) in [7, 11) is 0. The van der Waals surface area contributed by atoms with Gasteiger partial charge in [0.05, 0.1) is 6.54 Å². The third-order valence-corrected chi connectivity index (χ3v) is 6.08. The molecule has 5 nitrogen and oxygen atoms in total. The molecule has 0 radical (unpaired) electrons.